The maximum Gasteiger partial charge on any atom is 0.264 e. The number of carbonyl (C=O) groups is 2. The van der Waals surface area contributed by atoms with Crippen molar-refractivity contribution in [2.24, 2.45) is 0 Å². The summed E-state index contributed by atoms with van der Waals surface area (Å²) in [6.45, 7) is 3.70. The van der Waals surface area contributed by atoms with Gasteiger partial charge in [0.25, 0.3) is 10.0 Å². The standard InChI is InChI=1S/C36H40BrN3O6S/c1-5-21-38-36(42)33(22-27-9-7-6-8-10-27)39(24-28-13-15-29(37)16-14-28)35(41)25-40(32-23-30(45-3)17-20-34(32)46-4)47(43,44)31-18-11-26(2)12-19-31/h6-20,23,33H,5,21-22,24-25H2,1-4H3,(H,38,42)/t33-/m0/s1. The molecule has 0 aliphatic carbocycles. The van der Waals surface area contributed by atoms with E-state index in [4.69, 9.17) is 9.47 Å². The Morgan fingerprint density at radius 2 is 1.55 bits per heavy atom. The fourth-order valence-corrected chi connectivity index (χ4v) is 6.73. The lowest BCUT2D eigenvalue weighted by molar-refractivity contribution is -0.140. The maximum atomic E-state index is 14.7. The van der Waals surface area contributed by atoms with Crippen LogP contribution in [0.5, 0.6) is 11.5 Å². The molecule has 4 aromatic carbocycles. The van der Waals surface area contributed by atoms with Gasteiger partial charge in [-0.2, -0.15) is 0 Å². The Balaban J connectivity index is 1.85. The van der Waals surface area contributed by atoms with E-state index in [0.29, 0.717) is 18.7 Å². The van der Waals surface area contributed by atoms with Crippen LogP contribution in [0.2, 0.25) is 0 Å². The van der Waals surface area contributed by atoms with Crippen molar-refractivity contribution in [3.8, 4) is 11.5 Å². The summed E-state index contributed by atoms with van der Waals surface area (Å²) in [5, 5.41) is 2.95. The van der Waals surface area contributed by atoms with Crippen molar-refractivity contribution in [1.29, 1.82) is 0 Å². The Bertz CT molecular complexity index is 1750. The lowest BCUT2D eigenvalue weighted by Gasteiger charge is -2.34. The summed E-state index contributed by atoms with van der Waals surface area (Å²) in [5.74, 6) is -0.283. The number of sulfonamides is 1. The van der Waals surface area contributed by atoms with Crippen LogP contribution in [0.3, 0.4) is 0 Å². The first-order chi connectivity index (χ1) is 22.6. The number of methoxy groups -OCH3 is 2. The smallest absolute Gasteiger partial charge is 0.264 e. The third-order valence-corrected chi connectivity index (χ3v) is 9.93. The quantitative estimate of drug-likeness (QED) is 0.158. The molecule has 4 rings (SSSR count). The maximum absolute atomic E-state index is 14.7. The van der Waals surface area contributed by atoms with Crippen LogP contribution in [0, 0.1) is 6.92 Å². The summed E-state index contributed by atoms with van der Waals surface area (Å²) >= 11 is 3.46. The molecule has 4 aromatic rings. The molecule has 2 amide bonds. The largest absolute Gasteiger partial charge is 0.497 e. The first kappa shape index (κ1) is 35.5. The summed E-state index contributed by atoms with van der Waals surface area (Å²) in [5.41, 5.74) is 2.64. The van der Waals surface area contributed by atoms with Crippen molar-refractivity contribution < 1.29 is 27.5 Å². The number of ether oxygens (including phenoxy) is 2. The van der Waals surface area contributed by atoms with Crippen molar-refractivity contribution in [3.63, 3.8) is 0 Å². The molecule has 0 saturated carbocycles. The number of rotatable bonds is 15. The molecule has 11 heteroatoms. The molecule has 0 aliphatic rings. The molecule has 248 valence electrons. The van der Waals surface area contributed by atoms with Gasteiger partial charge in [-0.25, -0.2) is 8.42 Å². The van der Waals surface area contributed by atoms with E-state index in [1.54, 1.807) is 24.3 Å². The number of halogens is 1. The van der Waals surface area contributed by atoms with Crippen molar-refractivity contribution in [3.05, 3.63) is 118 Å². The van der Waals surface area contributed by atoms with Gasteiger partial charge in [0.15, 0.2) is 0 Å². The number of benzene rings is 4. The molecular weight excluding hydrogens is 682 g/mol. The summed E-state index contributed by atoms with van der Waals surface area (Å²) in [4.78, 5) is 29.9. The molecule has 47 heavy (non-hydrogen) atoms. The van der Waals surface area contributed by atoms with Gasteiger partial charge in [0.1, 0.15) is 24.1 Å². The van der Waals surface area contributed by atoms with Gasteiger partial charge in [0, 0.05) is 30.0 Å². The average Bonchev–Trinajstić information content (AvgIpc) is 3.08. The fraction of sp³-hybridized carbons (Fsp3) is 0.278. The number of amides is 2. The molecule has 0 unspecified atom stereocenters. The minimum Gasteiger partial charge on any atom is -0.497 e. The van der Waals surface area contributed by atoms with Crippen LogP contribution in [-0.4, -0.2) is 58.5 Å². The molecule has 0 spiro atoms. The number of carbonyl (C=O) groups excluding carboxylic acids is 2. The third-order valence-electron chi connectivity index (χ3n) is 7.63. The summed E-state index contributed by atoms with van der Waals surface area (Å²) in [7, 11) is -1.41. The predicted molar refractivity (Wildman–Crippen MR) is 187 cm³/mol. The normalized spacial score (nSPS) is 11.8. The van der Waals surface area contributed by atoms with E-state index in [9.17, 15) is 18.0 Å². The van der Waals surface area contributed by atoms with E-state index in [2.05, 4.69) is 21.2 Å². The zero-order valence-corrected chi connectivity index (χ0v) is 29.4. The second-order valence-electron chi connectivity index (χ2n) is 11.0. The molecular formula is C36H40BrN3O6S. The monoisotopic (exact) mass is 721 g/mol. The summed E-state index contributed by atoms with van der Waals surface area (Å²) < 4.78 is 41.6. The first-order valence-electron chi connectivity index (χ1n) is 15.2. The van der Waals surface area contributed by atoms with E-state index in [0.717, 1.165) is 25.5 Å². The Morgan fingerprint density at radius 1 is 0.872 bits per heavy atom. The molecule has 1 atom stereocenters. The molecule has 0 heterocycles. The van der Waals surface area contributed by atoms with E-state index in [1.165, 1.54) is 37.3 Å². The van der Waals surface area contributed by atoms with Crippen LogP contribution < -0.4 is 19.1 Å². The molecule has 0 fully saturated rings. The van der Waals surface area contributed by atoms with E-state index < -0.39 is 28.5 Å². The molecule has 0 aliphatic heterocycles. The van der Waals surface area contributed by atoms with Gasteiger partial charge in [-0.05, 0) is 60.9 Å². The van der Waals surface area contributed by atoms with Crippen molar-refractivity contribution in [2.75, 3.05) is 31.6 Å². The molecule has 0 saturated heterocycles. The molecule has 1 N–H and O–H groups in total. The van der Waals surface area contributed by atoms with E-state index in [-0.39, 0.29) is 35.2 Å². The number of nitrogens with zero attached hydrogens (tertiary/aromatic N) is 2. The zero-order valence-electron chi connectivity index (χ0n) is 27.0. The Labute approximate surface area is 285 Å². The minimum absolute atomic E-state index is 0.00163. The first-order valence-corrected chi connectivity index (χ1v) is 17.5. The number of aryl methyl sites for hydroxylation is 1. The van der Waals surface area contributed by atoms with Crippen LogP contribution in [0.4, 0.5) is 5.69 Å². The van der Waals surface area contributed by atoms with Crippen molar-refractivity contribution in [1.82, 2.24) is 10.2 Å². The zero-order chi connectivity index (χ0) is 34.0. The van der Waals surface area contributed by atoms with Crippen molar-refractivity contribution in [2.45, 2.75) is 44.2 Å². The molecule has 9 nitrogen and oxygen atoms in total. The highest BCUT2D eigenvalue weighted by molar-refractivity contribution is 9.10. The third kappa shape index (κ3) is 9.14. The highest BCUT2D eigenvalue weighted by atomic mass is 79.9. The van der Waals surface area contributed by atoms with Crippen molar-refractivity contribution >= 4 is 43.5 Å². The fourth-order valence-electron chi connectivity index (χ4n) is 5.05. The van der Waals surface area contributed by atoms with Crippen LogP contribution in [0.25, 0.3) is 0 Å². The number of hydrogen-bond donors (Lipinski definition) is 1. The SMILES string of the molecule is CCCNC(=O)[C@H](Cc1ccccc1)N(Cc1ccc(Br)cc1)C(=O)CN(c1cc(OC)ccc1OC)S(=O)(=O)c1ccc(C)cc1. The average molecular weight is 723 g/mol. The minimum atomic E-state index is -4.31. The second-order valence-corrected chi connectivity index (χ2v) is 13.8. The Kier molecular flexibility index (Phi) is 12.4. The molecule has 0 bridgehead atoms. The van der Waals surface area contributed by atoms with Crippen LogP contribution in [0.1, 0.15) is 30.0 Å². The van der Waals surface area contributed by atoms with Gasteiger partial charge in [-0.15, -0.1) is 0 Å². The van der Waals surface area contributed by atoms with E-state index in [1.807, 2.05) is 68.4 Å². The van der Waals surface area contributed by atoms with Gasteiger partial charge in [-0.3, -0.25) is 13.9 Å². The lowest BCUT2D eigenvalue weighted by atomic mass is 10.0. The predicted octanol–water partition coefficient (Wildman–Crippen LogP) is 6.14. The van der Waals surface area contributed by atoms with Crippen LogP contribution in [-0.2, 0) is 32.6 Å². The topological polar surface area (TPSA) is 105 Å². The van der Waals surface area contributed by atoms with Gasteiger partial charge in [0.2, 0.25) is 11.8 Å². The summed E-state index contributed by atoms with van der Waals surface area (Å²) in [6, 6.07) is 27.1. The highest BCUT2D eigenvalue weighted by Crippen LogP contribution is 2.36. The number of anilines is 1. The number of nitrogens with one attached hydrogen (secondary N) is 1. The van der Waals surface area contributed by atoms with Gasteiger partial charge >= 0.3 is 0 Å². The van der Waals surface area contributed by atoms with E-state index >= 15 is 0 Å². The Hall–Kier alpha value is -4.35. The molecule has 0 radical (unpaired) electrons. The lowest BCUT2D eigenvalue weighted by Crippen LogP contribution is -2.53. The van der Waals surface area contributed by atoms with Crippen LogP contribution >= 0.6 is 15.9 Å². The second kappa shape index (κ2) is 16.5. The van der Waals surface area contributed by atoms with Gasteiger partial charge < -0.3 is 19.7 Å². The van der Waals surface area contributed by atoms with Gasteiger partial charge in [0.05, 0.1) is 24.8 Å². The Morgan fingerprint density at radius 3 is 2.17 bits per heavy atom. The highest BCUT2D eigenvalue weighted by Gasteiger charge is 2.35. The molecule has 0 aromatic heterocycles. The number of hydrogen-bond acceptors (Lipinski definition) is 6. The van der Waals surface area contributed by atoms with Gasteiger partial charge in [-0.1, -0.05) is 83.0 Å². The van der Waals surface area contributed by atoms with Crippen LogP contribution in [0.15, 0.2) is 106 Å². The summed E-state index contributed by atoms with van der Waals surface area (Å²) in [6.07, 6.45) is 0.939.